The zero-order valence-electron chi connectivity index (χ0n) is 15.0. The van der Waals surface area contributed by atoms with Crippen molar-refractivity contribution in [2.24, 2.45) is 0 Å². The molecule has 5 nitrogen and oxygen atoms in total. The lowest BCUT2D eigenvalue weighted by molar-refractivity contribution is -0.906. The Kier molecular flexibility index (Phi) is 7.59. The lowest BCUT2D eigenvalue weighted by atomic mass is 10.2. The Bertz CT molecular complexity index is 612. The average molecular weight is 386 g/mol. The summed E-state index contributed by atoms with van der Waals surface area (Å²) >= 11 is 8.04. The summed E-state index contributed by atoms with van der Waals surface area (Å²) in [4.78, 5) is 27.5. The van der Waals surface area contributed by atoms with Crippen molar-refractivity contribution in [3.8, 4) is 0 Å². The Balaban J connectivity index is 2.07. The summed E-state index contributed by atoms with van der Waals surface area (Å²) < 4.78 is 5.03. The van der Waals surface area contributed by atoms with Crippen LogP contribution in [0, 0.1) is 0 Å². The number of ether oxygens (including phenoxy) is 1. The van der Waals surface area contributed by atoms with Crippen LogP contribution >= 0.6 is 23.4 Å². The Morgan fingerprint density at radius 1 is 1.36 bits per heavy atom. The summed E-state index contributed by atoms with van der Waals surface area (Å²) in [6.45, 7) is 7.33. The number of halogens is 1. The van der Waals surface area contributed by atoms with Gasteiger partial charge in [-0.2, -0.15) is 0 Å². The molecule has 0 aromatic heterocycles. The molecule has 25 heavy (non-hydrogen) atoms. The Morgan fingerprint density at radius 3 is 2.72 bits per heavy atom. The van der Waals surface area contributed by atoms with Gasteiger partial charge in [0.25, 0.3) is 5.91 Å². The molecule has 1 aliphatic heterocycles. The van der Waals surface area contributed by atoms with Gasteiger partial charge in [-0.1, -0.05) is 29.8 Å². The summed E-state index contributed by atoms with van der Waals surface area (Å²) in [5.41, 5.74) is 0.969. The molecule has 0 bridgehead atoms. The molecule has 1 N–H and O–H groups in total. The molecule has 0 aliphatic carbocycles. The summed E-state index contributed by atoms with van der Waals surface area (Å²) in [5.74, 6) is 0.664. The maximum Gasteiger partial charge on any atom is 0.361 e. The molecule has 1 fully saturated rings. The third kappa shape index (κ3) is 5.36. The van der Waals surface area contributed by atoms with Gasteiger partial charge in [-0.05, 0) is 26.8 Å². The summed E-state index contributed by atoms with van der Waals surface area (Å²) in [7, 11) is 0. The largest absolute Gasteiger partial charge is 0.462 e. The van der Waals surface area contributed by atoms with E-state index in [2.05, 4.69) is 0 Å². The van der Waals surface area contributed by atoms with E-state index < -0.39 is 0 Å². The summed E-state index contributed by atoms with van der Waals surface area (Å²) in [6, 6.07) is 7.81. The van der Waals surface area contributed by atoms with Crippen LogP contribution in [0.15, 0.2) is 24.3 Å². The van der Waals surface area contributed by atoms with Crippen molar-refractivity contribution < 1.29 is 19.2 Å². The zero-order valence-corrected chi connectivity index (χ0v) is 16.5. The molecular weight excluding hydrogens is 360 g/mol. The minimum Gasteiger partial charge on any atom is -0.462 e. The number of hydrogen-bond donors (Lipinski definition) is 1. The quantitative estimate of drug-likeness (QED) is 0.727. The SMILES string of the molecule is CCOC(=O)C[NH+](CC(=O)N1CCS[C@@H]1c1ccccc1Cl)C(C)C. The maximum atomic E-state index is 12.9. The number of nitrogens with zero attached hydrogens (tertiary/aromatic N) is 1. The van der Waals surface area contributed by atoms with Gasteiger partial charge in [0.05, 0.1) is 12.6 Å². The van der Waals surface area contributed by atoms with Gasteiger partial charge in [0.2, 0.25) is 0 Å². The highest BCUT2D eigenvalue weighted by atomic mass is 35.5. The molecule has 1 saturated heterocycles. The van der Waals surface area contributed by atoms with E-state index in [0.717, 1.165) is 16.2 Å². The molecule has 138 valence electrons. The lowest BCUT2D eigenvalue weighted by Crippen LogP contribution is -3.16. The van der Waals surface area contributed by atoms with Crippen LogP contribution in [0.3, 0.4) is 0 Å². The minimum atomic E-state index is -0.266. The van der Waals surface area contributed by atoms with Crippen molar-refractivity contribution >= 4 is 35.2 Å². The molecule has 0 radical (unpaired) electrons. The second kappa shape index (κ2) is 9.46. The van der Waals surface area contributed by atoms with Gasteiger partial charge in [0, 0.05) is 22.9 Å². The van der Waals surface area contributed by atoms with Crippen LogP contribution in [0.1, 0.15) is 31.7 Å². The molecular formula is C18H26ClN2O3S+. The van der Waals surface area contributed by atoms with E-state index in [0.29, 0.717) is 18.2 Å². The summed E-state index contributed by atoms with van der Waals surface area (Å²) in [5, 5.41) is 0.622. The molecule has 1 aromatic carbocycles. The number of thioether (sulfide) groups is 1. The fraction of sp³-hybridized carbons (Fsp3) is 0.556. The lowest BCUT2D eigenvalue weighted by Gasteiger charge is -2.28. The standard InChI is InChI=1S/C18H25ClN2O3S/c1-4-24-17(23)12-20(13(2)3)11-16(22)21-9-10-25-18(21)14-7-5-6-8-15(14)19/h5-8,13,18H,4,9-12H2,1-3H3/p+1/t18-/m1/s1. The van der Waals surface area contributed by atoms with Crippen molar-refractivity contribution in [2.45, 2.75) is 32.2 Å². The molecule has 0 saturated carbocycles. The first-order chi connectivity index (χ1) is 11.9. The number of quaternary nitrogens is 1. The fourth-order valence-electron chi connectivity index (χ4n) is 2.82. The molecule has 0 spiro atoms. The van der Waals surface area contributed by atoms with E-state index in [-0.39, 0.29) is 36.4 Å². The number of carbonyl (C=O) groups is 2. The number of benzene rings is 1. The second-order valence-corrected chi connectivity index (χ2v) is 7.90. The first-order valence-corrected chi connectivity index (χ1v) is 10.0. The smallest absolute Gasteiger partial charge is 0.361 e. The zero-order chi connectivity index (χ0) is 18.4. The van der Waals surface area contributed by atoms with E-state index in [1.54, 1.807) is 18.7 Å². The predicted octanol–water partition coefficient (Wildman–Crippen LogP) is 1.77. The molecule has 1 amide bonds. The van der Waals surface area contributed by atoms with Gasteiger partial charge in [-0.3, -0.25) is 4.79 Å². The predicted molar refractivity (Wildman–Crippen MR) is 101 cm³/mol. The van der Waals surface area contributed by atoms with Gasteiger partial charge < -0.3 is 14.5 Å². The number of amides is 1. The maximum absolute atomic E-state index is 12.9. The normalized spacial score (nSPS) is 18.4. The van der Waals surface area contributed by atoms with Gasteiger partial charge in [0.15, 0.2) is 13.1 Å². The highest BCUT2D eigenvalue weighted by Gasteiger charge is 2.34. The topological polar surface area (TPSA) is 51.1 Å². The van der Waals surface area contributed by atoms with Crippen molar-refractivity contribution in [3.05, 3.63) is 34.9 Å². The van der Waals surface area contributed by atoms with Crippen molar-refractivity contribution in [3.63, 3.8) is 0 Å². The minimum absolute atomic E-state index is 0.0444. The van der Waals surface area contributed by atoms with Crippen LogP contribution in [-0.2, 0) is 14.3 Å². The van der Waals surface area contributed by atoms with Gasteiger partial charge in [0.1, 0.15) is 5.37 Å². The van der Waals surface area contributed by atoms with Gasteiger partial charge in [-0.25, -0.2) is 4.79 Å². The van der Waals surface area contributed by atoms with Crippen LogP contribution in [0.4, 0.5) is 0 Å². The van der Waals surface area contributed by atoms with Gasteiger partial charge >= 0.3 is 5.97 Å². The number of esters is 1. The number of rotatable bonds is 7. The third-order valence-electron chi connectivity index (χ3n) is 4.25. The first-order valence-electron chi connectivity index (χ1n) is 8.59. The van der Waals surface area contributed by atoms with Crippen molar-refractivity contribution in [1.82, 2.24) is 4.90 Å². The number of carbonyl (C=O) groups excluding carboxylic acids is 2. The second-order valence-electron chi connectivity index (χ2n) is 6.30. The Morgan fingerprint density at radius 2 is 2.08 bits per heavy atom. The Hall–Kier alpha value is -1.24. The van der Waals surface area contributed by atoms with E-state index in [4.69, 9.17) is 16.3 Å². The van der Waals surface area contributed by atoms with E-state index >= 15 is 0 Å². The molecule has 7 heteroatoms. The van der Waals surface area contributed by atoms with Crippen molar-refractivity contribution in [2.75, 3.05) is 32.0 Å². The van der Waals surface area contributed by atoms with E-state index in [1.165, 1.54) is 0 Å². The highest BCUT2D eigenvalue weighted by molar-refractivity contribution is 7.99. The van der Waals surface area contributed by atoms with Crippen LogP contribution in [-0.4, -0.2) is 54.8 Å². The van der Waals surface area contributed by atoms with Crippen LogP contribution in [0.5, 0.6) is 0 Å². The van der Waals surface area contributed by atoms with Crippen LogP contribution in [0.2, 0.25) is 5.02 Å². The van der Waals surface area contributed by atoms with Gasteiger partial charge in [-0.15, -0.1) is 11.8 Å². The van der Waals surface area contributed by atoms with Crippen LogP contribution < -0.4 is 4.90 Å². The Labute approximate surface area is 158 Å². The average Bonchev–Trinajstić information content (AvgIpc) is 3.04. The van der Waals surface area contributed by atoms with Crippen LogP contribution in [0.25, 0.3) is 0 Å². The molecule has 1 aliphatic rings. The van der Waals surface area contributed by atoms with E-state index in [1.807, 2.05) is 43.0 Å². The highest BCUT2D eigenvalue weighted by Crippen LogP contribution is 2.40. The molecule has 2 rings (SSSR count). The van der Waals surface area contributed by atoms with Crippen molar-refractivity contribution in [1.29, 1.82) is 0 Å². The van der Waals surface area contributed by atoms with E-state index in [9.17, 15) is 9.59 Å². The first kappa shape index (κ1) is 20.1. The third-order valence-corrected chi connectivity index (χ3v) is 5.84. The number of nitrogens with one attached hydrogen (secondary N) is 1. The molecule has 1 heterocycles. The molecule has 1 unspecified atom stereocenters. The number of hydrogen-bond acceptors (Lipinski definition) is 4. The molecule has 2 atom stereocenters. The molecule has 1 aromatic rings. The monoisotopic (exact) mass is 385 g/mol. The fourth-order valence-corrected chi connectivity index (χ4v) is 4.44. The summed E-state index contributed by atoms with van der Waals surface area (Å²) in [6.07, 6.45) is 0.